The van der Waals surface area contributed by atoms with Crippen LogP contribution in [0, 0.1) is 5.92 Å². The van der Waals surface area contributed by atoms with E-state index in [0.717, 1.165) is 19.3 Å². The molecule has 1 atom stereocenters. The topological polar surface area (TPSA) is 49.3 Å². The lowest BCUT2D eigenvalue weighted by molar-refractivity contribution is 0.0942. The molecule has 0 aliphatic carbocycles. The van der Waals surface area contributed by atoms with Gasteiger partial charge in [0.2, 0.25) is 0 Å². The summed E-state index contributed by atoms with van der Waals surface area (Å²) in [4.78, 5) is 12.0. The van der Waals surface area contributed by atoms with Gasteiger partial charge in [-0.2, -0.15) is 0 Å². The van der Waals surface area contributed by atoms with Crippen molar-refractivity contribution in [1.29, 1.82) is 0 Å². The Morgan fingerprint density at radius 3 is 2.79 bits per heavy atom. The number of amides is 1. The number of hydrogen-bond acceptors (Lipinski definition) is 2. The van der Waals surface area contributed by atoms with Gasteiger partial charge >= 0.3 is 0 Å². The SMILES string of the molecule is CCCC(CCO)CNC(=O)c1ccc(Cl)cc1Br. The number of nitrogens with one attached hydrogen (secondary N) is 1. The largest absolute Gasteiger partial charge is 0.396 e. The summed E-state index contributed by atoms with van der Waals surface area (Å²) in [6, 6.07) is 5.09. The summed E-state index contributed by atoms with van der Waals surface area (Å²) in [6.45, 7) is 2.84. The van der Waals surface area contributed by atoms with Crippen molar-refractivity contribution in [3.05, 3.63) is 33.3 Å². The Balaban J connectivity index is 2.58. The van der Waals surface area contributed by atoms with Crippen LogP contribution in [0.15, 0.2) is 22.7 Å². The number of carbonyl (C=O) groups is 1. The van der Waals surface area contributed by atoms with Crippen molar-refractivity contribution >= 4 is 33.4 Å². The minimum Gasteiger partial charge on any atom is -0.396 e. The molecule has 1 aromatic rings. The molecule has 0 aliphatic rings. The molecule has 0 aromatic heterocycles. The number of aliphatic hydroxyl groups is 1. The lowest BCUT2D eigenvalue weighted by Crippen LogP contribution is -2.30. The zero-order valence-electron chi connectivity index (χ0n) is 11.0. The van der Waals surface area contributed by atoms with Crippen molar-refractivity contribution in [2.75, 3.05) is 13.2 Å². The highest BCUT2D eigenvalue weighted by atomic mass is 79.9. The first-order valence-electron chi connectivity index (χ1n) is 6.42. The first-order valence-corrected chi connectivity index (χ1v) is 7.59. The van der Waals surface area contributed by atoms with Crippen molar-refractivity contribution < 1.29 is 9.90 Å². The third-order valence-electron chi connectivity index (χ3n) is 2.96. The molecule has 0 spiro atoms. The zero-order chi connectivity index (χ0) is 14.3. The van der Waals surface area contributed by atoms with Crippen LogP contribution < -0.4 is 5.32 Å². The molecule has 0 saturated heterocycles. The van der Waals surface area contributed by atoms with Gasteiger partial charge in [-0.05, 0) is 52.9 Å². The second-order valence-corrected chi connectivity index (χ2v) is 5.79. The van der Waals surface area contributed by atoms with Crippen molar-refractivity contribution in [1.82, 2.24) is 5.32 Å². The van der Waals surface area contributed by atoms with Crippen LogP contribution >= 0.6 is 27.5 Å². The van der Waals surface area contributed by atoms with Gasteiger partial charge in [0, 0.05) is 22.6 Å². The van der Waals surface area contributed by atoms with Crippen LogP contribution in [0.5, 0.6) is 0 Å². The van der Waals surface area contributed by atoms with Crippen LogP contribution in [-0.4, -0.2) is 24.2 Å². The van der Waals surface area contributed by atoms with Crippen LogP contribution in [0.4, 0.5) is 0 Å². The summed E-state index contributed by atoms with van der Waals surface area (Å²) in [7, 11) is 0. The van der Waals surface area contributed by atoms with E-state index in [-0.39, 0.29) is 12.5 Å². The molecule has 0 radical (unpaired) electrons. The first kappa shape index (κ1) is 16.5. The number of aliphatic hydroxyl groups excluding tert-OH is 1. The molecule has 0 aliphatic heterocycles. The second kappa shape index (κ2) is 8.56. The van der Waals surface area contributed by atoms with Crippen molar-refractivity contribution in [2.24, 2.45) is 5.92 Å². The predicted molar refractivity (Wildman–Crippen MR) is 81.6 cm³/mol. The minimum absolute atomic E-state index is 0.123. The maximum absolute atomic E-state index is 12.0. The number of halogens is 2. The van der Waals surface area contributed by atoms with Crippen molar-refractivity contribution in [2.45, 2.75) is 26.2 Å². The Morgan fingerprint density at radius 2 is 2.21 bits per heavy atom. The summed E-state index contributed by atoms with van der Waals surface area (Å²) >= 11 is 9.17. The lowest BCUT2D eigenvalue weighted by Gasteiger charge is -2.16. The summed E-state index contributed by atoms with van der Waals surface area (Å²) in [5.74, 6) is 0.201. The van der Waals surface area contributed by atoms with Crippen molar-refractivity contribution in [3.63, 3.8) is 0 Å². The standard InChI is InChI=1S/C14H19BrClNO2/c1-2-3-10(6-7-18)9-17-14(19)12-5-4-11(16)8-13(12)15/h4-5,8,10,18H,2-3,6-7,9H2,1H3,(H,17,19). The van der Waals surface area contributed by atoms with Gasteiger partial charge in [0.25, 0.3) is 5.91 Å². The highest BCUT2D eigenvalue weighted by Crippen LogP contribution is 2.21. The molecule has 19 heavy (non-hydrogen) atoms. The average Bonchev–Trinajstić information content (AvgIpc) is 2.36. The van der Waals surface area contributed by atoms with E-state index in [1.54, 1.807) is 18.2 Å². The van der Waals surface area contributed by atoms with Crippen LogP contribution in [0.1, 0.15) is 36.5 Å². The molecule has 5 heteroatoms. The Labute approximate surface area is 127 Å². The van der Waals surface area contributed by atoms with E-state index in [4.69, 9.17) is 16.7 Å². The van der Waals surface area contributed by atoms with E-state index in [1.165, 1.54) is 0 Å². The molecule has 0 heterocycles. The summed E-state index contributed by atoms with van der Waals surface area (Å²) in [5, 5.41) is 12.5. The second-order valence-electron chi connectivity index (χ2n) is 4.50. The summed E-state index contributed by atoms with van der Waals surface area (Å²) in [5.41, 5.74) is 0.573. The Bertz CT molecular complexity index is 420. The van der Waals surface area contributed by atoms with E-state index in [9.17, 15) is 4.79 Å². The molecule has 0 bridgehead atoms. The van der Waals surface area contributed by atoms with E-state index < -0.39 is 0 Å². The molecule has 1 rings (SSSR count). The van der Waals surface area contributed by atoms with Crippen LogP contribution in [-0.2, 0) is 0 Å². The van der Waals surface area contributed by atoms with Gasteiger partial charge in [0.15, 0.2) is 0 Å². The maximum atomic E-state index is 12.0. The number of benzene rings is 1. The van der Waals surface area contributed by atoms with Gasteiger partial charge in [-0.15, -0.1) is 0 Å². The molecule has 1 aromatic carbocycles. The molecule has 0 fully saturated rings. The van der Waals surface area contributed by atoms with Gasteiger partial charge in [-0.3, -0.25) is 4.79 Å². The van der Waals surface area contributed by atoms with Gasteiger partial charge in [-0.25, -0.2) is 0 Å². The molecule has 2 N–H and O–H groups in total. The summed E-state index contributed by atoms with van der Waals surface area (Å²) in [6.07, 6.45) is 2.77. The molecule has 1 amide bonds. The van der Waals surface area contributed by atoms with E-state index in [1.807, 2.05) is 0 Å². The minimum atomic E-state index is -0.123. The third kappa shape index (κ3) is 5.51. The van der Waals surface area contributed by atoms with Gasteiger partial charge in [-0.1, -0.05) is 24.9 Å². The fourth-order valence-electron chi connectivity index (χ4n) is 1.95. The molecule has 0 saturated carbocycles. The predicted octanol–water partition coefficient (Wildman–Crippen LogP) is 3.63. The van der Waals surface area contributed by atoms with Gasteiger partial charge < -0.3 is 10.4 Å². The van der Waals surface area contributed by atoms with Crippen LogP contribution in [0.25, 0.3) is 0 Å². The molecule has 3 nitrogen and oxygen atoms in total. The van der Waals surface area contributed by atoms with E-state index in [2.05, 4.69) is 28.2 Å². The third-order valence-corrected chi connectivity index (χ3v) is 3.85. The van der Waals surface area contributed by atoms with Crippen LogP contribution in [0.3, 0.4) is 0 Å². The highest BCUT2D eigenvalue weighted by molar-refractivity contribution is 9.10. The number of carbonyl (C=O) groups excluding carboxylic acids is 1. The molecule has 106 valence electrons. The highest BCUT2D eigenvalue weighted by Gasteiger charge is 2.13. The van der Waals surface area contributed by atoms with E-state index >= 15 is 0 Å². The quantitative estimate of drug-likeness (QED) is 0.790. The maximum Gasteiger partial charge on any atom is 0.252 e. The number of rotatable bonds is 7. The van der Waals surface area contributed by atoms with Crippen LogP contribution in [0.2, 0.25) is 5.02 Å². The lowest BCUT2D eigenvalue weighted by atomic mass is 10.00. The molecular formula is C14H19BrClNO2. The van der Waals surface area contributed by atoms with Gasteiger partial charge in [0.1, 0.15) is 0 Å². The molecule has 1 unspecified atom stereocenters. The average molecular weight is 349 g/mol. The molecular weight excluding hydrogens is 330 g/mol. The van der Waals surface area contributed by atoms with Crippen molar-refractivity contribution in [3.8, 4) is 0 Å². The Kier molecular flexibility index (Phi) is 7.42. The normalized spacial score (nSPS) is 12.2. The summed E-state index contributed by atoms with van der Waals surface area (Å²) < 4.78 is 0.687. The number of hydrogen-bond donors (Lipinski definition) is 2. The monoisotopic (exact) mass is 347 g/mol. The smallest absolute Gasteiger partial charge is 0.252 e. The fraction of sp³-hybridized carbons (Fsp3) is 0.500. The van der Waals surface area contributed by atoms with E-state index in [0.29, 0.717) is 27.5 Å². The van der Waals surface area contributed by atoms with Gasteiger partial charge in [0.05, 0.1) is 5.56 Å². The fourth-order valence-corrected chi connectivity index (χ4v) is 2.81. The Morgan fingerprint density at radius 1 is 1.47 bits per heavy atom. The first-order chi connectivity index (χ1) is 9.08. The Hall–Kier alpha value is -0.580. The zero-order valence-corrected chi connectivity index (χ0v) is 13.3.